The largest absolute Gasteiger partial charge is 0.379 e. The summed E-state index contributed by atoms with van der Waals surface area (Å²) in [5.41, 5.74) is 2.16. The predicted molar refractivity (Wildman–Crippen MR) is 73.9 cm³/mol. The first kappa shape index (κ1) is 11.5. The van der Waals surface area contributed by atoms with Gasteiger partial charge in [-0.15, -0.1) is 11.3 Å². The van der Waals surface area contributed by atoms with Crippen LogP contribution in [0.5, 0.6) is 0 Å². The van der Waals surface area contributed by atoms with Crippen molar-refractivity contribution in [3.05, 3.63) is 23.7 Å². The van der Waals surface area contributed by atoms with Gasteiger partial charge in [-0.05, 0) is 23.9 Å². The maximum Gasteiger partial charge on any atom is 0.219 e. The number of pyridine rings is 1. The molecule has 2 aromatic rings. The van der Waals surface area contributed by atoms with Gasteiger partial charge in [0.25, 0.3) is 0 Å². The molecule has 3 rings (SSSR count). The molecule has 0 aromatic carbocycles. The van der Waals surface area contributed by atoms with Crippen LogP contribution in [-0.2, 0) is 4.79 Å². The van der Waals surface area contributed by atoms with Gasteiger partial charge in [0.1, 0.15) is 0 Å². The lowest BCUT2D eigenvalue weighted by Gasteiger charge is -2.16. The fourth-order valence-electron chi connectivity index (χ4n) is 2.37. The summed E-state index contributed by atoms with van der Waals surface area (Å²) < 4.78 is 1.19. The Morgan fingerprint density at radius 3 is 3.22 bits per heavy atom. The lowest BCUT2D eigenvalue weighted by atomic mass is 10.2. The molecular weight excluding hydrogens is 246 g/mol. The van der Waals surface area contributed by atoms with E-state index < -0.39 is 0 Å². The molecule has 1 aliphatic rings. The molecule has 4 nitrogen and oxygen atoms in total. The number of carbonyl (C=O) groups excluding carboxylic acids is 1. The highest BCUT2D eigenvalue weighted by Gasteiger charge is 2.24. The molecule has 2 aromatic heterocycles. The second-order valence-electron chi connectivity index (χ2n) is 4.59. The maximum absolute atomic E-state index is 11.3. The van der Waals surface area contributed by atoms with Crippen LogP contribution < -0.4 is 5.32 Å². The Bertz CT molecular complexity index is 580. The number of aromatic nitrogens is 1. The third-order valence-corrected chi connectivity index (χ3v) is 4.27. The average Bonchev–Trinajstić information content (AvgIpc) is 2.97. The zero-order valence-corrected chi connectivity index (χ0v) is 11.0. The van der Waals surface area contributed by atoms with Crippen LogP contribution in [0.25, 0.3) is 10.2 Å². The number of hydrogen-bond acceptors (Lipinski definition) is 4. The number of nitrogens with zero attached hydrogens (tertiary/aromatic N) is 2. The Morgan fingerprint density at radius 1 is 1.56 bits per heavy atom. The number of amides is 1. The van der Waals surface area contributed by atoms with E-state index in [4.69, 9.17) is 0 Å². The van der Waals surface area contributed by atoms with Crippen LogP contribution in [0.3, 0.4) is 0 Å². The summed E-state index contributed by atoms with van der Waals surface area (Å²) >= 11 is 1.70. The summed E-state index contributed by atoms with van der Waals surface area (Å²) in [6.07, 6.45) is 2.84. The van der Waals surface area contributed by atoms with Crippen molar-refractivity contribution in [1.29, 1.82) is 0 Å². The van der Waals surface area contributed by atoms with E-state index in [-0.39, 0.29) is 5.91 Å². The van der Waals surface area contributed by atoms with Gasteiger partial charge in [0.05, 0.1) is 15.9 Å². The van der Waals surface area contributed by atoms with E-state index >= 15 is 0 Å². The molecule has 5 heteroatoms. The highest BCUT2D eigenvalue weighted by molar-refractivity contribution is 7.17. The van der Waals surface area contributed by atoms with Crippen LogP contribution in [0.1, 0.15) is 13.3 Å². The van der Waals surface area contributed by atoms with Crippen LogP contribution in [-0.4, -0.2) is 34.9 Å². The Hall–Kier alpha value is -1.62. The summed E-state index contributed by atoms with van der Waals surface area (Å²) in [6.45, 7) is 3.28. The summed E-state index contributed by atoms with van der Waals surface area (Å²) in [5.74, 6) is 0.162. The lowest BCUT2D eigenvalue weighted by Crippen LogP contribution is -2.29. The topological polar surface area (TPSA) is 45.2 Å². The zero-order chi connectivity index (χ0) is 12.5. The fraction of sp³-hybridized carbons (Fsp3) is 0.385. The fourth-order valence-corrected chi connectivity index (χ4v) is 3.20. The van der Waals surface area contributed by atoms with E-state index in [2.05, 4.69) is 15.7 Å². The second kappa shape index (κ2) is 4.57. The van der Waals surface area contributed by atoms with Gasteiger partial charge in [0.15, 0.2) is 0 Å². The molecule has 0 radical (unpaired) electrons. The van der Waals surface area contributed by atoms with Crippen molar-refractivity contribution in [2.75, 3.05) is 18.4 Å². The van der Waals surface area contributed by atoms with E-state index in [1.807, 2.05) is 23.2 Å². The standard InChI is InChI=1S/C13H15N3OS/c1-9(17)16-6-3-10(8-16)15-12-2-5-14-11-4-7-18-13(11)12/h2,4-5,7,10H,3,6,8H2,1H3,(H,14,15). The van der Waals surface area contributed by atoms with E-state index in [0.29, 0.717) is 6.04 Å². The molecule has 18 heavy (non-hydrogen) atoms. The van der Waals surface area contributed by atoms with E-state index in [0.717, 1.165) is 30.7 Å². The summed E-state index contributed by atoms with van der Waals surface area (Å²) in [4.78, 5) is 17.5. The summed E-state index contributed by atoms with van der Waals surface area (Å²) in [5, 5.41) is 5.59. The number of rotatable bonds is 2. The normalized spacial score (nSPS) is 19.4. The summed E-state index contributed by atoms with van der Waals surface area (Å²) in [6, 6.07) is 4.39. The number of likely N-dealkylation sites (tertiary alicyclic amines) is 1. The second-order valence-corrected chi connectivity index (χ2v) is 5.50. The van der Waals surface area contributed by atoms with E-state index in [9.17, 15) is 4.79 Å². The van der Waals surface area contributed by atoms with Crippen molar-refractivity contribution < 1.29 is 4.79 Å². The van der Waals surface area contributed by atoms with Crippen LogP contribution in [0.2, 0.25) is 0 Å². The van der Waals surface area contributed by atoms with Gasteiger partial charge < -0.3 is 10.2 Å². The van der Waals surface area contributed by atoms with Gasteiger partial charge in [-0.3, -0.25) is 9.78 Å². The predicted octanol–water partition coefficient (Wildman–Crippen LogP) is 2.33. The molecule has 0 saturated carbocycles. The highest BCUT2D eigenvalue weighted by Crippen LogP contribution is 2.28. The number of carbonyl (C=O) groups is 1. The van der Waals surface area contributed by atoms with Crippen LogP contribution in [0, 0.1) is 0 Å². The Labute approximate surface area is 110 Å². The van der Waals surface area contributed by atoms with Crippen molar-refractivity contribution in [1.82, 2.24) is 9.88 Å². The van der Waals surface area contributed by atoms with Crippen molar-refractivity contribution in [3.63, 3.8) is 0 Å². The first-order valence-electron chi connectivity index (χ1n) is 6.08. The third kappa shape index (κ3) is 2.06. The Kier molecular flexibility index (Phi) is 2.91. The summed E-state index contributed by atoms with van der Waals surface area (Å²) in [7, 11) is 0. The van der Waals surface area contributed by atoms with Crippen LogP contribution in [0.15, 0.2) is 23.7 Å². The molecule has 1 N–H and O–H groups in total. The molecule has 94 valence electrons. The quantitative estimate of drug-likeness (QED) is 0.902. The van der Waals surface area contributed by atoms with Crippen LogP contribution >= 0.6 is 11.3 Å². The number of anilines is 1. The molecule has 1 aliphatic heterocycles. The van der Waals surface area contributed by atoms with Crippen molar-refractivity contribution >= 4 is 33.1 Å². The average molecular weight is 261 g/mol. The Morgan fingerprint density at radius 2 is 2.44 bits per heavy atom. The minimum absolute atomic E-state index is 0.162. The van der Waals surface area contributed by atoms with Gasteiger partial charge in [-0.1, -0.05) is 0 Å². The third-order valence-electron chi connectivity index (χ3n) is 3.34. The smallest absolute Gasteiger partial charge is 0.219 e. The molecule has 3 heterocycles. The number of hydrogen-bond donors (Lipinski definition) is 1. The van der Waals surface area contributed by atoms with Crippen LogP contribution in [0.4, 0.5) is 5.69 Å². The van der Waals surface area contributed by atoms with Gasteiger partial charge in [0, 0.05) is 32.3 Å². The molecule has 1 fully saturated rings. The molecule has 0 bridgehead atoms. The lowest BCUT2D eigenvalue weighted by molar-refractivity contribution is -0.127. The van der Waals surface area contributed by atoms with Gasteiger partial charge in [-0.2, -0.15) is 0 Å². The minimum Gasteiger partial charge on any atom is -0.379 e. The van der Waals surface area contributed by atoms with E-state index in [1.165, 1.54) is 4.70 Å². The van der Waals surface area contributed by atoms with E-state index in [1.54, 1.807) is 18.3 Å². The molecule has 1 atom stereocenters. The molecule has 0 aliphatic carbocycles. The highest BCUT2D eigenvalue weighted by atomic mass is 32.1. The number of fused-ring (bicyclic) bond motifs is 1. The maximum atomic E-state index is 11.3. The first-order valence-corrected chi connectivity index (χ1v) is 6.96. The van der Waals surface area contributed by atoms with Crippen molar-refractivity contribution in [2.45, 2.75) is 19.4 Å². The van der Waals surface area contributed by atoms with Gasteiger partial charge in [-0.25, -0.2) is 0 Å². The Balaban J connectivity index is 1.77. The molecule has 1 amide bonds. The number of nitrogens with one attached hydrogen (secondary N) is 1. The van der Waals surface area contributed by atoms with Gasteiger partial charge in [0.2, 0.25) is 5.91 Å². The van der Waals surface area contributed by atoms with Crippen molar-refractivity contribution in [2.24, 2.45) is 0 Å². The zero-order valence-electron chi connectivity index (χ0n) is 10.2. The molecular formula is C13H15N3OS. The minimum atomic E-state index is 0.162. The monoisotopic (exact) mass is 261 g/mol. The van der Waals surface area contributed by atoms with Gasteiger partial charge >= 0.3 is 0 Å². The number of thiophene rings is 1. The molecule has 0 spiro atoms. The molecule has 1 saturated heterocycles. The molecule has 1 unspecified atom stereocenters. The SMILES string of the molecule is CC(=O)N1CCC(Nc2ccnc3ccsc23)C1. The first-order chi connectivity index (χ1) is 8.74. The van der Waals surface area contributed by atoms with Crippen molar-refractivity contribution in [3.8, 4) is 0 Å².